The highest BCUT2D eigenvalue weighted by atomic mass is 28.2. The predicted octanol–water partition coefficient (Wildman–Crippen LogP) is 3.86. The minimum absolute atomic E-state index is 0.131. The van der Waals surface area contributed by atoms with E-state index in [1.807, 2.05) is 31.2 Å². The van der Waals surface area contributed by atoms with Crippen LogP contribution in [0.25, 0.3) is 0 Å². The second-order valence-electron chi connectivity index (χ2n) is 6.05. The zero-order valence-corrected chi connectivity index (χ0v) is 15.9. The van der Waals surface area contributed by atoms with Crippen molar-refractivity contribution in [2.24, 2.45) is 0 Å². The van der Waals surface area contributed by atoms with Gasteiger partial charge in [0, 0.05) is 12.1 Å². The first-order valence-electron chi connectivity index (χ1n) is 8.43. The van der Waals surface area contributed by atoms with Crippen molar-refractivity contribution in [3.05, 3.63) is 110 Å². The quantitative estimate of drug-likeness (QED) is 0.346. The Morgan fingerprint density at radius 1 is 0.786 bits per heavy atom. The van der Waals surface area contributed by atoms with E-state index in [2.05, 4.69) is 0 Å². The molecule has 0 N–H and O–H groups in total. The topological polar surface area (TPSA) is 95.5 Å². The summed E-state index contributed by atoms with van der Waals surface area (Å²) in [5.41, 5.74) is 1.30. The Bertz CT molecular complexity index is 967. The van der Waals surface area contributed by atoms with Crippen LogP contribution in [-0.4, -0.2) is 19.6 Å². The summed E-state index contributed by atoms with van der Waals surface area (Å²) in [7, 11) is -0.131. The maximum absolute atomic E-state index is 11.5. The van der Waals surface area contributed by atoms with E-state index in [1.165, 1.54) is 12.1 Å². The number of benzene rings is 3. The van der Waals surface area contributed by atoms with E-state index >= 15 is 0 Å². The molecule has 0 fully saturated rings. The SMILES string of the molecule is Cc1ccccc1[Si]OC(c1ccccc1[N+](=O)[O-])c1ccccc1[N+](=O)[O-]. The fourth-order valence-electron chi connectivity index (χ4n) is 2.86. The van der Waals surface area contributed by atoms with Gasteiger partial charge in [-0.25, -0.2) is 0 Å². The first kappa shape index (κ1) is 19.4. The molecule has 28 heavy (non-hydrogen) atoms. The van der Waals surface area contributed by atoms with Crippen molar-refractivity contribution in [3.8, 4) is 0 Å². The standard InChI is InChI=1S/C20H16N2O5Si/c1-14-8-2-7-13-19(14)28-27-20(15-9-3-5-11-17(15)21(23)24)16-10-4-6-12-18(16)22(25)26/h2-13,20H,1H3. The molecule has 0 atom stereocenters. The van der Waals surface area contributed by atoms with Crippen LogP contribution in [0.3, 0.4) is 0 Å². The molecule has 3 rings (SSSR count). The molecule has 0 aliphatic rings. The largest absolute Gasteiger partial charge is 0.400 e. The molecule has 0 amide bonds. The molecule has 0 spiro atoms. The fraction of sp³-hybridized carbons (Fsp3) is 0.100. The van der Waals surface area contributed by atoms with Crippen LogP contribution >= 0.6 is 0 Å². The van der Waals surface area contributed by atoms with Crippen molar-refractivity contribution in [1.82, 2.24) is 0 Å². The Labute approximate surface area is 163 Å². The normalized spacial score (nSPS) is 10.8. The highest BCUT2D eigenvalue weighted by molar-refractivity contribution is 6.47. The van der Waals surface area contributed by atoms with Crippen LogP contribution in [0.2, 0.25) is 0 Å². The Morgan fingerprint density at radius 3 is 1.75 bits per heavy atom. The maximum atomic E-state index is 11.5. The summed E-state index contributed by atoms with van der Waals surface area (Å²) in [6, 6.07) is 19.9. The molecule has 0 saturated carbocycles. The van der Waals surface area contributed by atoms with Crippen LogP contribution in [0.15, 0.2) is 72.8 Å². The Hall–Kier alpha value is -3.36. The number of nitrogens with zero attached hydrogens (tertiary/aromatic N) is 2. The summed E-state index contributed by atoms with van der Waals surface area (Å²) < 4.78 is 6.08. The number of nitro benzene ring substituents is 2. The monoisotopic (exact) mass is 392 g/mol. The summed E-state index contributed by atoms with van der Waals surface area (Å²) >= 11 is 0. The summed E-state index contributed by atoms with van der Waals surface area (Å²) in [4.78, 5) is 22.0. The Morgan fingerprint density at radius 2 is 1.25 bits per heavy atom. The first-order chi connectivity index (χ1) is 13.5. The predicted molar refractivity (Wildman–Crippen MR) is 106 cm³/mol. The number of hydrogen-bond donors (Lipinski definition) is 0. The van der Waals surface area contributed by atoms with Crippen LogP contribution in [0.4, 0.5) is 11.4 Å². The van der Waals surface area contributed by atoms with Crippen molar-refractivity contribution in [2.45, 2.75) is 13.0 Å². The van der Waals surface area contributed by atoms with Crippen molar-refractivity contribution < 1.29 is 14.3 Å². The van der Waals surface area contributed by atoms with Crippen molar-refractivity contribution in [1.29, 1.82) is 0 Å². The average molecular weight is 392 g/mol. The third-order valence-corrected chi connectivity index (χ3v) is 5.40. The van der Waals surface area contributed by atoms with Crippen molar-refractivity contribution in [2.75, 3.05) is 0 Å². The van der Waals surface area contributed by atoms with Crippen LogP contribution in [-0.2, 0) is 4.43 Å². The molecule has 8 heteroatoms. The maximum Gasteiger partial charge on any atom is 0.275 e. The van der Waals surface area contributed by atoms with E-state index in [9.17, 15) is 20.2 Å². The number of rotatable bonds is 7. The van der Waals surface area contributed by atoms with Gasteiger partial charge in [-0.05, 0) is 29.8 Å². The lowest BCUT2D eigenvalue weighted by Gasteiger charge is -2.19. The molecule has 0 aliphatic heterocycles. The molecule has 0 aromatic heterocycles. The second kappa shape index (κ2) is 8.55. The molecule has 3 aromatic rings. The van der Waals surface area contributed by atoms with Gasteiger partial charge in [-0.1, -0.05) is 48.5 Å². The molecule has 2 radical (unpaired) electrons. The number of hydrogen-bond acceptors (Lipinski definition) is 5. The Balaban J connectivity index is 2.09. The molecule has 3 aromatic carbocycles. The minimum atomic E-state index is -0.943. The molecule has 0 saturated heterocycles. The summed E-state index contributed by atoms with van der Waals surface area (Å²) in [6.07, 6.45) is -0.943. The molecular weight excluding hydrogens is 376 g/mol. The van der Waals surface area contributed by atoms with E-state index in [-0.39, 0.29) is 32.3 Å². The van der Waals surface area contributed by atoms with E-state index in [0.717, 1.165) is 10.8 Å². The first-order valence-corrected chi connectivity index (χ1v) is 9.33. The molecule has 7 nitrogen and oxygen atoms in total. The lowest BCUT2D eigenvalue weighted by Crippen LogP contribution is -2.23. The number of aryl methyl sites for hydroxylation is 1. The summed E-state index contributed by atoms with van der Waals surface area (Å²) in [6.45, 7) is 1.94. The zero-order valence-electron chi connectivity index (χ0n) is 14.9. The highest BCUT2D eigenvalue weighted by Gasteiger charge is 2.29. The van der Waals surface area contributed by atoms with Gasteiger partial charge in [-0.2, -0.15) is 0 Å². The zero-order chi connectivity index (χ0) is 20.1. The van der Waals surface area contributed by atoms with Gasteiger partial charge in [0.15, 0.2) is 0 Å². The van der Waals surface area contributed by atoms with Crippen LogP contribution in [0.5, 0.6) is 0 Å². The second-order valence-corrected chi connectivity index (χ2v) is 7.03. The smallest absolute Gasteiger partial charge is 0.275 e. The summed E-state index contributed by atoms with van der Waals surface area (Å²) in [5.74, 6) is 0. The van der Waals surface area contributed by atoms with Gasteiger partial charge in [0.05, 0.1) is 21.0 Å². The highest BCUT2D eigenvalue weighted by Crippen LogP contribution is 2.36. The van der Waals surface area contributed by atoms with Gasteiger partial charge in [-0.15, -0.1) is 0 Å². The van der Waals surface area contributed by atoms with Gasteiger partial charge in [0.1, 0.15) is 6.10 Å². The van der Waals surface area contributed by atoms with E-state index in [0.29, 0.717) is 0 Å². The summed E-state index contributed by atoms with van der Waals surface area (Å²) in [5, 5.41) is 24.0. The lowest BCUT2D eigenvalue weighted by molar-refractivity contribution is -0.387. The average Bonchev–Trinajstić information content (AvgIpc) is 2.70. The number of nitro groups is 2. The van der Waals surface area contributed by atoms with E-state index < -0.39 is 16.0 Å². The van der Waals surface area contributed by atoms with E-state index in [1.54, 1.807) is 36.4 Å². The molecular formula is C20H16N2O5Si. The Kier molecular flexibility index (Phi) is 5.92. The van der Waals surface area contributed by atoms with Crippen molar-refractivity contribution >= 4 is 26.3 Å². The number of para-hydroxylation sites is 2. The molecule has 0 aliphatic carbocycles. The van der Waals surface area contributed by atoms with Crippen LogP contribution in [0, 0.1) is 27.2 Å². The minimum Gasteiger partial charge on any atom is -0.400 e. The van der Waals surface area contributed by atoms with Crippen molar-refractivity contribution in [3.63, 3.8) is 0 Å². The molecule has 0 heterocycles. The van der Waals surface area contributed by atoms with Gasteiger partial charge in [0.2, 0.25) is 0 Å². The lowest BCUT2D eigenvalue weighted by atomic mass is 9.98. The fourth-order valence-corrected chi connectivity index (χ4v) is 3.76. The molecule has 0 unspecified atom stereocenters. The molecule has 140 valence electrons. The van der Waals surface area contributed by atoms with E-state index in [4.69, 9.17) is 4.43 Å². The van der Waals surface area contributed by atoms with Gasteiger partial charge < -0.3 is 4.43 Å². The third kappa shape index (κ3) is 4.13. The van der Waals surface area contributed by atoms with Gasteiger partial charge in [0.25, 0.3) is 21.1 Å². The molecule has 0 bridgehead atoms. The third-order valence-electron chi connectivity index (χ3n) is 4.26. The van der Waals surface area contributed by atoms with Gasteiger partial charge >= 0.3 is 0 Å². The van der Waals surface area contributed by atoms with Crippen LogP contribution < -0.4 is 5.19 Å². The van der Waals surface area contributed by atoms with Crippen LogP contribution in [0.1, 0.15) is 22.8 Å². The van der Waals surface area contributed by atoms with Gasteiger partial charge in [-0.3, -0.25) is 20.2 Å².